The predicted molar refractivity (Wildman–Crippen MR) is 110 cm³/mol. The molecule has 1 saturated carbocycles. The van der Waals surface area contributed by atoms with Crippen molar-refractivity contribution in [2.24, 2.45) is 11.7 Å². The van der Waals surface area contributed by atoms with Gasteiger partial charge in [0.15, 0.2) is 17.3 Å². The van der Waals surface area contributed by atoms with E-state index < -0.39 is 5.60 Å². The normalized spacial score (nSPS) is 15.1. The van der Waals surface area contributed by atoms with Crippen LogP contribution >= 0.6 is 0 Å². The Morgan fingerprint density at radius 1 is 1.37 bits per heavy atom. The van der Waals surface area contributed by atoms with Crippen molar-refractivity contribution in [3.05, 3.63) is 11.8 Å². The maximum atomic E-state index is 10.1. The van der Waals surface area contributed by atoms with Gasteiger partial charge < -0.3 is 25.9 Å². The number of pyridine rings is 1. The van der Waals surface area contributed by atoms with Crippen molar-refractivity contribution < 1.29 is 14.5 Å². The third-order valence-electron chi connectivity index (χ3n) is 4.89. The number of nitrogens with zero attached hydrogens (tertiary/aromatic N) is 5. The van der Waals surface area contributed by atoms with Gasteiger partial charge in [0.1, 0.15) is 22.9 Å². The molecule has 1 unspecified atom stereocenters. The smallest absolute Gasteiger partial charge is 0.217 e. The van der Waals surface area contributed by atoms with E-state index in [4.69, 9.17) is 20.8 Å². The molecule has 0 saturated heterocycles. The first-order valence-electron chi connectivity index (χ1n) is 9.92. The van der Waals surface area contributed by atoms with Gasteiger partial charge in [-0.2, -0.15) is 0 Å². The molecule has 3 aromatic rings. The van der Waals surface area contributed by atoms with Crippen LogP contribution in [0, 0.1) is 17.8 Å². The maximum absolute atomic E-state index is 10.1. The molecule has 1 aliphatic carbocycles. The lowest BCUT2D eigenvalue weighted by Crippen LogP contribution is -2.29. The zero-order chi connectivity index (χ0) is 21.5. The molecule has 4 rings (SSSR count). The van der Waals surface area contributed by atoms with Crippen molar-refractivity contribution >= 4 is 16.9 Å². The van der Waals surface area contributed by atoms with Gasteiger partial charge in [-0.05, 0) is 55.8 Å². The summed E-state index contributed by atoms with van der Waals surface area (Å²) >= 11 is 0. The molecule has 0 aliphatic heterocycles. The van der Waals surface area contributed by atoms with Crippen LogP contribution in [0.2, 0.25) is 0 Å². The molecule has 10 nitrogen and oxygen atoms in total. The topological polar surface area (TPSA) is 151 Å². The fraction of sp³-hybridized carbons (Fsp3) is 0.500. The minimum atomic E-state index is -1.19. The second-order valence-corrected chi connectivity index (χ2v) is 7.89. The molecule has 3 aromatic heterocycles. The molecule has 0 radical (unpaired) electrons. The third-order valence-corrected chi connectivity index (χ3v) is 4.89. The zero-order valence-electron chi connectivity index (χ0n) is 17.2. The van der Waals surface area contributed by atoms with E-state index >= 15 is 0 Å². The molecule has 0 spiro atoms. The van der Waals surface area contributed by atoms with Crippen LogP contribution in [-0.2, 0) is 6.54 Å². The van der Waals surface area contributed by atoms with Gasteiger partial charge in [0.05, 0.1) is 5.52 Å². The van der Waals surface area contributed by atoms with Gasteiger partial charge in [-0.1, -0.05) is 5.92 Å². The average Bonchev–Trinajstić information content (AvgIpc) is 3.35. The number of imidazole rings is 1. The maximum Gasteiger partial charge on any atom is 0.217 e. The van der Waals surface area contributed by atoms with Gasteiger partial charge in [0.2, 0.25) is 5.88 Å². The van der Waals surface area contributed by atoms with Crippen molar-refractivity contribution in [3.63, 3.8) is 0 Å². The molecule has 1 atom stereocenters. The van der Waals surface area contributed by atoms with Crippen LogP contribution in [0.25, 0.3) is 22.6 Å². The first-order valence-corrected chi connectivity index (χ1v) is 9.92. The Kier molecular flexibility index (Phi) is 5.09. The molecule has 30 heavy (non-hydrogen) atoms. The Bertz CT molecular complexity index is 1130. The molecule has 1 fully saturated rings. The molecule has 0 aromatic carbocycles. The summed E-state index contributed by atoms with van der Waals surface area (Å²) in [6.07, 6.45) is 2.11. The van der Waals surface area contributed by atoms with Crippen molar-refractivity contribution in [3.8, 4) is 29.2 Å². The van der Waals surface area contributed by atoms with Gasteiger partial charge in [-0.3, -0.25) is 0 Å². The summed E-state index contributed by atoms with van der Waals surface area (Å²) in [5.74, 6) is 7.24. The van der Waals surface area contributed by atoms with E-state index in [2.05, 4.69) is 32.1 Å². The summed E-state index contributed by atoms with van der Waals surface area (Å²) in [4.78, 5) is 9.23. The highest BCUT2D eigenvalue weighted by Crippen LogP contribution is 2.35. The van der Waals surface area contributed by atoms with Crippen LogP contribution in [0.1, 0.15) is 39.3 Å². The molecule has 158 valence electrons. The number of ether oxygens (including phenoxy) is 1. The van der Waals surface area contributed by atoms with Gasteiger partial charge in [0, 0.05) is 19.2 Å². The first-order chi connectivity index (χ1) is 14.3. The zero-order valence-corrected chi connectivity index (χ0v) is 17.2. The summed E-state index contributed by atoms with van der Waals surface area (Å²) in [7, 11) is 0. The molecule has 3 heterocycles. The number of rotatable bonds is 6. The minimum absolute atomic E-state index is 0.0992. The Hall–Kier alpha value is -3.16. The van der Waals surface area contributed by atoms with Crippen molar-refractivity contribution in [1.29, 1.82) is 0 Å². The van der Waals surface area contributed by atoms with Crippen LogP contribution in [0.3, 0.4) is 0 Å². The number of nitrogens with two attached hydrogens (primary N) is 2. The number of aryl methyl sites for hydroxylation is 1. The average molecular weight is 411 g/mol. The van der Waals surface area contributed by atoms with Gasteiger partial charge in [-0.25, -0.2) is 14.6 Å². The highest BCUT2D eigenvalue weighted by molar-refractivity contribution is 5.86. The first kappa shape index (κ1) is 20.1. The number of aromatic nitrogens is 5. The Morgan fingerprint density at radius 3 is 2.70 bits per heavy atom. The monoisotopic (exact) mass is 411 g/mol. The van der Waals surface area contributed by atoms with E-state index in [-0.39, 0.29) is 11.9 Å². The third kappa shape index (κ3) is 3.94. The van der Waals surface area contributed by atoms with E-state index in [0.717, 1.165) is 18.4 Å². The Labute approximate surface area is 173 Å². The molecular formula is C20H25N7O3. The molecule has 1 aliphatic rings. The Balaban J connectivity index is 1.89. The van der Waals surface area contributed by atoms with Gasteiger partial charge in [0.25, 0.3) is 0 Å². The number of fused-ring (bicyclic) bond motifs is 1. The van der Waals surface area contributed by atoms with Crippen LogP contribution in [0.5, 0.6) is 5.88 Å². The molecule has 10 heteroatoms. The lowest BCUT2D eigenvalue weighted by Gasteiger charge is -2.16. The Morgan fingerprint density at radius 2 is 2.13 bits per heavy atom. The number of hydrogen-bond donors (Lipinski definition) is 3. The van der Waals surface area contributed by atoms with Gasteiger partial charge in [-0.15, -0.1) is 0 Å². The van der Waals surface area contributed by atoms with E-state index in [1.54, 1.807) is 13.8 Å². The minimum Gasteiger partial charge on any atom is -0.473 e. The number of aliphatic hydroxyl groups is 1. The number of hydrogen-bond acceptors (Lipinski definition) is 9. The molecule has 5 N–H and O–H groups in total. The summed E-state index contributed by atoms with van der Waals surface area (Å²) in [5, 5.41) is 17.6. The summed E-state index contributed by atoms with van der Waals surface area (Å²) in [6.45, 7) is 6.18. The van der Waals surface area contributed by atoms with E-state index in [1.807, 2.05) is 17.6 Å². The summed E-state index contributed by atoms with van der Waals surface area (Å²) < 4.78 is 12.8. The summed E-state index contributed by atoms with van der Waals surface area (Å²) in [5.41, 5.74) is 12.6. The lowest BCUT2D eigenvalue weighted by atomic mass is 10.1. The molecule has 0 amide bonds. The van der Waals surface area contributed by atoms with Crippen molar-refractivity contribution in [1.82, 2.24) is 24.8 Å². The second-order valence-electron chi connectivity index (χ2n) is 7.89. The second kappa shape index (κ2) is 7.59. The van der Waals surface area contributed by atoms with Crippen LogP contribution in [0.15, 0.2) is 10.7 Å². The quantitative estimate of drug-likeness (QED) is 0.510. The fourth-order valence-corrected chi connectivity index (χ4v) is 3.27. The fourth-order valence-electron chi connectivity index (χ4n) is 3.27. The standard InChI is InChI=1S/C20H25N7O3/c1-4-27-13-9-15(29-14(10-21)11-5-6-11)23-12(7-8-20(2,3)28)16(13)24-19(27)17-18(22)26-30-25-17/h9,11,14,28H,4-6,10,21H2,1-3H3,(H2,22,26). The summed E-state index contributed by atoms with van der Waals surface area (Å²) in [6, 6.07) is 1.82. The molecular weight excluding hydrogens is 386 g/mol. The van der Waals surface area contributed by atoms with Crippen LogP contribution < -0.4 is 16.2 Å². The van der Waals surface area contributed by atoms with Crippen molar-refractivity contribution in [2.75, 3.05) is 12.3 Å². The van der Waals surface area contributed by atoms with Crippen molar-refractivity contribution in [2.45, 2.75) is 51.9 Å². The van der Waals surface area contributed by atoms with Crippen LogP contribution in [0.4, 0.5) is 5.82 Å². The highest BCUT2D eigenvalue weighted by atomic mass is 16.6. The lowest BCUT2D eigenvalue weighted by molar-refractivity contribution is 0.143. The largest absolute Gasteiger partial charge is 0.473 e. The van der Waals surface area contributed by atoms with Gasteiger partial charge >= 0.3 is 0 Å². The van der Waals surface area contributed by atoms with E-state index in [0.29, 0.717) is 47.6 Å². The van der Waals surface area contributed by atoms with E-state index in [1.165, 1.54) is 0 Å². The SMILES string of the molecule is CCn1c(-c2nonc2N)nc2c(C#CC(C)(C)O)nc(OC(CN)C3CC3)cc21. The number of nitrogen functional groups attached to an aromatic ring is 1. The number of anilines is 1. The molecule has 0 bridgehead atoms. The van der Waals surface area contributed by atoms with Crippen LogP contribution in [-0.4, -0.2) is 48.2 Å². The predicted octanol–water partition coefficient (Wildman–Crippen LogP) is 1.32. The van der Waals surface area contributed by atoms with E-state index in [9.17, 15) is 5.11 Å². The highest BCUT2D eigenvalue weighted by Gasteiger charge is 2.32.